The number of unbranched alkanes of at least 4 members (excludes halogenated alkanes) is 6. The van der Waals surface area contributed by atoms with Crippen LogP contribution in [0.15, 0.2) is 25.6 Å². The first-order valence-electron chi connectivity index (χ1n) is 9.09. The third-order valence-electron chi connectivity index (χ3n) is 4.82. The number of hydrogen-bond donors (Lipinski definition) is 0. The van der Waals surface area contributed by atoms with Crippen LogP contribution in [0.5, 0.6) is 0 Å². The standard InChI is InChI=1S/C20H31Br3/c1-4-6-8-9-11-13-20(3,12-10-7-5-2)16-14-18(22)19(23)15-17(16)21/h14-15H,4-13H2,1-3H3. The van der Waals surface area contributed by atoms with E-state index in [1.54, 1.807) is 0 Å². The van der Waals surface area contributed by atoms with Gasteiger partial charge in [-0.25, -0.2) is 0 Å². The summed E-state index contributed by atoms with van der Waals surface area (Å²) in [5, 5.41) is 0. The molecule has 132 valence electrons. The quantitative estimate of drug-likeness (QED) is 0.205. The molecule has 1 rings (SSSR count). The zero-order chi connectivity index (χ0) is 17.3. The smallest absolute Gasteiger partial charge is 0.0328 e. The van der Waals surface area contributed by atoms with Crippen molar-refractivity contribution in [2.75, 3.05) is 0 Å². The molecular weight excluding hydrogens is 480 g/mol. The molecule has 0 saturated carbocycles. The lowest BCUT2D eigenvalue weighted by molar-refractivity contribution is 0.363. The Hall–Kier alpha value is 0.660. The third-order valence-corrected chi connectivity index (χ3v) is 7.32. The number of benzene rings is 1. The van der Waals surface area contributed by atoms with Crippen molar-refractivity contribution in [1.82, 2.24) is 0 Å². The Balaban J connectivity index is 2.87. The maximum absolute atomic E-state index is 3.81. The predicted octanol–water partition coefficient (Wildman–Crippen LogP) is 9.17. The summed E-state index contributed by atoms with van der Waals surface area (Å²) in [4.78, 5) is 0. The van der Waals surface area contributed by atoms with Gasteiger partial charge in [-0.05, 0) is 67.8 Å². The zero-order valence-corrected chi connectivity index (χ0v) is 19.6. The van der Waals surface area contributed by atoms with E-state index in [4.69, 9.17) is 0 Å². The molecule has 0 nitrogen and oxygen atoms in total. The molecule has 0 amide bonds. The number of rotatable bonds is 11. The van der Waals surface area contributed by atoms with E-state index in [-0.39, 0.29) is 5.41 Å². The van der Waals surface area contributed by atoms with E-state index in [0.29, 0.717) is 0 Å². The molecule has 0 aliphatic heterocycles. The maximum Gasteiger partial charge on any atom is 0.0328 e. The van der Waals surface area contributed by atoms with Crippen LogP contribution in [0, 0.1) is 0 Å². The summed E-state index contributed by atoms with van der Waals surface area (Å²) in [6, 6.07) is 4.50. The van der Waals surface area contributed by atoms with Gasteiger partial charge in [-0.2, -0.15) is 0 Å². The zero-order valence-electron chi connectivity index (χ0n) is 14.9. The average molecular weight is 511 g/mol. The molecular formula is C20H31Br3. The van der Waals surface area contributed by atoms with Crippen LogP contribution >= 0.6 is 47.8 Å². The molecule has 0 spiro atoms. The van der Waals surface area contributed by atoms with Crippen molar-refractivity contribution in [2.24, 2.45) is 0 Å². The summed E-state index contributed by atoms with van der Waals surface area (Å²) < 4.78 is 3.51. The third kappa shape index (κ3) is 7.20. The first kappa shape index (κ1) is 21.7. The predicted molar refractivity (Wildman–Crippen MR) is 114 cm³/mol. The molecule has 0 radical (unpaired) electrons. The Morgan fingerprint density at radius 3 is 1.78 bits per heavy atom. The highest BCUT2D eigenvalue weighted by molar-refractivity contribution is 9.13. The van der Waals surface area contributed by atoms with Gasteiger partial charge in [-0.1, -0.05) is 88.1 Å². The lowest BCUT2D eigenvalue weighted by atomic mass is 9.74. The minimum absolute atomic E-state index is 0.267. The fourth-order valence-electron chi connectivity index (χ4n) is 3.26. The second-order valence-electron chi connectivity index (χ2n) is 6.93. The Morgan fingerprint density at radius 1 is 0.696 bits per heavy atom. The average Bonchev–Trinajstić information content (AvgIpc) is 2.51. The fourth-order valence-corrected chi connectivity index (χ4v) is 5.08. The van der Waals surface area contributed by atoms with Crippen LogP contribution < -0.4 is 0 Å². The second kappa shape index (κ2) is 11.3. The molecule has 23 heavy (non-hydrogen) atoms. The molecule has 0 aliphatic rings. The Kier molecular flexibility index (Phi) is 10.7. The van der Waals surface area contributed by atoms with Crippen molar-refractivity contribution in [3.63, 3.8) is 0 Å². The summed E-state index contributed by atoms with van der Waals surface area (Å²) in [5.41, 5.74) is 1.72. The SMILES string of the molecule is CCCCCCCC(C)(CCCCC)c1cc(Br)c(Br)cc1Br. The van der Waals surface area contributed by atoms with Gasteiger partial charge in [0.05, 0.1) is 0 Å². The van der Waals surface area contributed by atoms with Crippen LogP contribution in [0.25, 0.3) is 0 Å². The van der Waals surface area contributed by atoms with Crippen LogP contribution in [0.2, 0.25) is 0 Å². The lowest BCUT2D eigenvalue weighted by Gasteiger charge is -2.32. The molecule has 1 aromatic rings. The number of halogens is 3. The summed E-state index contributed by atoms with van der Waals surface area (Å²) in [6.45, 7) is 7.03. The highest BCUT2D eigenvalue weighted by atomic mass is 79.9. The molecule has 0 aliphatic carbocycles. The van der Waals surface area contributed by atoms with Crippen molar-refractivity contribution in [3.05, 3.63) is 31.1 Å². The Bertz CT molecular complexity index is 470. The van der Waals surface area contributed by atoms with Crippen molar-refractivity contribution in [3.8, 4) is 0 Å². The summed E-state index contributed by atoms with van der Waals surface area (Å²) in [7, 11) is 0. The lowest BCUT2D eigenvalue weighted by Crippen LogP contribution is -2.23. The molecule has 1 aromatic carbocycles. The van der Waals surface area contributed by atoms with Gasteiger partial charge in [-0.15, -0.1) is 0 Å². The van der Waals surface area contributed by atoms with E-state index in [1.807, 2.05) is 0 Å². The summed E-state index contributed by atoms with van der Waals surface area (Å²) >= 11 is 11.1. The second-order valence-corrected chi connectivity index (χ2v) is 9.49. The van der Waals surface area contributed by atoms with Crippen LogP contribution in [0.3, 0.4) is 0 Å². The molecule has 1 atom stereocenters. The van der Waals surface area contributed by atoms with Crippen molar-refractivity contribution < 1.29 is 0 Å². The van der Waals surface area contributed by atoms with Crippen LogP contribution in [0.4, 0.5) is 0 Å². The molecule has 1 unspecified atom stereocenters. The Morgan fingerprint density at radius 2 is 1.17 bits per heavy atom. The van der Waals surface area contributed by atoms with Crippen LogP contribution in [-0.4, -0.2) is 0 Å². The van der Waals surface area contributed by atoms with Gasteiger partial charge in [0.1, 0.15) is 0 Å². The fraction of sp³-hybridized carbons (Fsp3) is 0.700. The van der Waals surface area contributed by atoms with E-state index in [1.165, 1.54) is 74.2 Å². The topological polar surface area (TPSA) is 0 Å². The molecule has 0 saturated heterocycles. The first-order valence-corrected chi connectivity index (χ1v) is 11.5. The van der Waals surface area contributed by atoms with E-state index in [2.05, 4.69) is 80.7 Å². The van der Waals surface area contributed by atoms with Gasteiger partial charge >= 0.3 is 0 Å². The normalized spacial score (nSPS) is 14.0. The largest absolute Gasteiger partial charge is 0.0654 e. The van der Waals surface area contributed by atoms with E-state index in [0.717, 1.165) is 8.95 Å². The van der Waals surface area contributed by atoms with Crippen LogP contribution in [0.1, 0.15) is 90.5 Å². The highest BCUT2D eigenvalue weighted by Gasteiger charge is 2.28. The molecule has 0 N–H and O–H groups in total. The van der Waals surface area contributed by atoms with Gasteiger partial charge in [0.25, 0.3) is 0 Å². The van der Waals surface area contributed by atoms with Gasteiger partial charge in [0, 0.05) is 13.4 Å². The van der Waals surface area contributed by atoms with Gasteiger partial charge in [0.15, 0.2) is 0 Å². The molecule has 0 bridgehead atoms. The summed E-state index contributed by atoms with van der Waals surface area (Å²) in [6.07, 6.45) is 13.3. The Labute approximate surface area is 168 Å². The van der Waals surface area contributed by atoms with Crippen LogP contribution in [-0.2, 0) is 5.41 Å². The van der Waals surface area contributed by atoms with Gasteiger partial charge in [-0.3, -0.25) is 0 Å². The van der Waals surface area contributed by atoms with E-state index in [9.17, 15) is 0 Å². The van der Waals surface area contributed by atoms with Gasteiger partial charge < -0.3 is 0 Å². The number of hydrogen-bond acceptors (Lipinski definition) is 0. The highest BCUT2D eigenvalue weighted by Crippen LogP contribution is 2.42. The van der Waals surface area contributed by atoms with Crippen molar-refractivity contribution in [2.45, 2.75) is 90.4 Å². The van der Waals surface area contributed by atoms with Crippen molar-refractivity contribution >= 4 is 47.8 Å². The molecule has 3 heteroatoms. The van der Waals surface area contributed by atoms with E-state index < -0.39 is 0 Å². The minimum atomic E-state index is 0.267. The molecule has 0 fully saturated rings. The first-order chi connectivity index (χ1) is 10.9. The summed E-state index contributed by atoms with van der Waals surface area (Å²) in [5.74, 6) is 0. The van der Waals surface area contributed by atoms with E-state index >= 15 is 0 Å². The maximum atomic E-state index is 3.81. The molecule has 0 aromatic heterocycles. The van der Waals surface area contributed by atoms with Gasteiger partial charge in [0.2, 0.25) is 0 Å². The minimum Gasteiger partial charge on any atom is -0.0654 e. The monoisotopic (exact) mass is 508 g/mol. The van der Waals surface area contributed by atoms with Crippen molar-refractivity contribution in [1.29, 1.82) is 0 Å². The molecule has 0 heterocycles.